The number of aliphatic carboxylic acids is 1. The number of hydrogen-bond acceptors (Lipinski definition) is 4. The third-order valence-corrected chi connectivity index (χ3v) is 2.37. The number of likely N-dealkylation sites (tertiary alicyclic amines) is 1. The summed E-state index contributed by atoms with van der Waals surface area (Å²) in [5, 5.41) is 8.53. The molecule has 1 aliphatic rings. The first-order valence-corrected chi connectivity index (χ1v) is 4.34. The number of carbonyl (C=O) groups is 2. The van der Waals surface area contributed by atoms with Crippen LogP contribution in [0.4, 0.5) is 0 Å². The standard InChI is InChI=1S/C8H15NO3.CH2O/c1-8(12-2)3-4-9(6-8)5-7(10)11;1-2/h3-6H2,1-2H3,(H,10,11);1H2/t8-;/m0./s1. The molecule has 1 aliphatic heterocycles. The second-order valence-electron chi connectivity index (χ2n) is 3.51. The molecule has 0 aromatic rings. The van der Waals surface area contributed by atoms with Crippen LogP contribution in [0, 0.1) is 0 Å². The zero-order chi connectivity index (χ0) is 11.2. The van der Waals surface area contributed by atoms with Gasteiger partial charge in [-0.1, -0.05) is 0 Å². The molecule has 0 aromatic carbocycles. The van der Waals surface area contributed by atoms with Gasteiger partial charge < -0.3 is 14.6 Å². The largest absolute Gasteiger partial charge is 0.480 e. The van der Waals surface area contributed by atoms with E-state index in [4.69, 9.17) is 14.6 Å². The summed E-state index contributed by atoms with van der Waals surface area (Å²) in [7, 11) is 1.67. The van der Waals surface area contributed by atoms with E-state index in [1.165, 1.54) is 0 Å². The highest BCUT2D eigenvalue weighted by molar-refractivity contribution is 5.69. The number of ether oxygens (including phenoxy) is 1. The summed E-state index contributed by atoms with van der Waals surface area (Å²) in [5.74, 6) is -0.768. The van der Waals surface area contributed by atoms with Crippen molar-refractivity contribution in [1.29, 1.82) is 0 Å². The molecule has 1 heterocycles. The maximum Gasteiger partial charge on any atom is 0.317 e. The molecule has 1 N–H and O–H groups in total. The van der Waals surface area contributed by atoms with Gasteiger partial charge in [0.1, 0.15) is 6.79 Å². The molecule has 0 amide bonds. The Labute approximate surface area is 83.6 Å². The average Bonchev–Trinajstić information content (AvgIpc) is 2.51. The molecule has 5 nitrogen and oxygen atoms in total. The molecule has 1 rings (SSSR count). The van der Waals surface area contributed by atoms with Crippen molar-refractivity contribution in [3.63, 3.8) is 0 Å². The molecule has 1 fully saturated rings. The zero-order valence-corrected chi connectivity index (χ0v) is 8.65. The van der Waals surface area contributed by atoms with Gasteiger partial charge in [0.05, 0.1) is 12.1 Å². The highest BCUT2D eigenvalue weighted by atomic mass is 16.5. The molecule has 1 atom stereocenters. The van der Waals surface area contributed by atoms with Crippen molar-refractivity contribution in [2.75, 3.05) is 26.7 Å². The molecule has 1 saturated heterocycles. The summed E-state index contributed by atoms with van der Waals surface area (Å²) in [6.45, 7) is 5.67. The van der Waals surface area contributed by atoms with Crippen molar-refractivity contribution >= 4 is 12.8 Å². The molecule has 0 bridgehead atoms. The first kappa shape index (κ1) is 13.1. The SMILES string of the molecule is C=O.CO[C@@]1(C)CCN(CC(=O)O)C1. The highest BCUT2D eigenvalue weighted by Crippen LogP contribution is 2.23. The highest BCUT2D eigenvalue weighted by Gasteiger charge is 2.34. The van der Waals surface area contributed by atoms with Crippen LogP contribution in [0.5, 0.6) is 0 Å². The third-order valence-electron chi connectivity index (χ3n) is 2.37. The first-order chi connectivity index (χ1) is 6.56. The number of carbonyl (C=O) groups excluding carboxylic acids is 1. The van der Waals surface area contributed by atoms with Crippen molar-refractivity contribution in [2.45, 2.75) is 18.9 Å². The fraction of sp³-hybridized carbons (Fsp3) is 0.778. The van der Waals surface area contributed by atoms with Crippen LogP contribution in [-0.2, 0) is 14.3 Å². The fourth-order valence-electron chi connectivity index (χ4n) is 1.52. The topological polar surface area (TPSA) is 66.8 Å². The van der Waals surface area contributed by atoms with E-state index in [0.717, 1.165) is 19.5 Å². The van der Waals surface area contributed by atoms with E-state index in [0.29, 0.717) is 0 Å². The van der Waals surface area contributed by atoms with Crippen LogP contribution in [0.3, 0.4) is 0 Å². The molecule has 0 aromatic heterocycles. The quantitative estimate of drug-likeness (QED) is 0.699. The molecule has 14 heavy (non-hydrogen) atoms. The van der Waals surface area contributed by atoms with Gasteiger partial charge in [-0.3, -0.25) is 9.69 Å². The van der Waals surface area contributed by atoms with Gasteiger partial charge in [-0.25, -0.2) is 0 Å². The number of nitrogens with zero attached hydrogens (tertiary/aromatic N) is 1. The normalized spacial score (nSPS) is 26.7. The van der Waals surface area contributed by atoms with Crippen molar-refractivity contribution in [1.82, 2.24) is 4.90 Å². The van der Waals surface area contributed by atoms with E-state index in [1.807, 2.05) is 18.6 Å². The lowest BCUT2D eigenvalue weighted by molar-refractivity contribution is -0.138. The molecule has 0 radical (unpaired) electrons. The predicted octanol–water partition coefficient (Wildman–Crippen LogP) is -0.00310. The van der Waals surface area contributed by atoms with E-state index in [9.17, 15) is 4.79 Å². The van der Waals surface area contributed by atoms with E-state index < -0.39 is 5.97 Å². The van der Waals surface area contributed by atoms with E-state index in [1.54, 1.807) is 7.11 Å². The Hall–Kier alpha value is -0.940. The summed E-state index contributed by atoms with van der Waals surface area (Å²) in [5.41, 5.74) is -0.143. The van der Waals surface area contributed by atoms with Crippen LogP contribution in [-0.4, -0.2) is 55.1 Å². The van der Waals surface area contributed by atoms with Crippen LogP contribution in [0.2, 0.25) is 0 Å². The van der Waals surface area contributed by atoms with Gasteiger partial charge in [0.25, 0.3) is 0 Å². The number of rotatable bonds is 3. The average molecular weight is 203 g/mol. The maximum absolute atomic E-state index is 10.4. The van der Waals surface area contributed by atoms with Crippen LogP contribution in [0.25, 0.3) is 0 Å². The molecule has 0 saturated carbocycles. The van der Waals surface area contributed by atoms with Crippen LogP contribution in [0.15, 0.2) is 0 Å². The molecular weight excluding hydrogens is 186 g/mol. The maximum atomic E-state index is 10.4. The summed E-state index contributed by atoms with van der Waals surface area (Å²) in [6.07, 6.45) is 0.913. The second kappa shape index (κ2) is 5.72. The lowest BCUT2D eigenvalue weighted by Crippen LogP contribution is -2.34. The number of hydrogen-bond donors (Lipinski definition) is 1. The van der Waals surface area contributed by atoms with Gasteiger partial charge in [0, 0.05) is 20.2 Å². The van der Waals surface area contributed by atoms with Crippen molar-refractivity contribution in [3.8, 4) is 0 Å². The molecule has 0 unspecified atom stereocenters. The molecule has 0 aliphatic carbocycles. The summed E-state index contributed by atoms with van der Waals surface area (Å²) < 4.78 is 5.28. The first-order valence-electron chi connectivity index (χ1n) is 4.34. The van der Waals surface area contributed by atoms with Gasteiger partial charge in [-0.05, 0) is 13.3 Å². The smallest absolute Gasteiger partial charge is 0.317 e. The molecule has 0 spiro atoms. The van der Waals surface area contributed by atoms with E-state index in [2.05, 4.69) is 0 Å². The molecule has 5 heteroatoms. The Balaban J connectivity index is 0.000000791. The minimum absolute atomic E-state index is 0.124. The van der Waals surface area contributed by atoms with Crippen LogP contribution in [0.1, 0.15) is 13.3 Å². The summed E-state index contributed by atoms with van der Waals surface area (Å²) in [4.78, 5) is 20.3. The minimum atomic E-state index is -0.768. The zero-order valence-electron chi connectivity index (χ0n) is 8.65. The lowest BCUT2D eigenvalue weighted by atomic mass is 10.1. The van der Waals surface area contributed by atoms with Gasteiger partial charge in [-0.15, -0.1) is 0 Å². The predicted molar refractivity (Wildman–Crippen MR) is 51.2 cm³/mol. The van der Waals surface area contributed by atoms with E-state index in [-0.39, 0.29) is 12.1 Å². The second-order valence-corrected chi connectivity index (χ2v) is 3.51. The van der Waals surface area contributed by atoms with Crippen molar-refractivity contribution < 1.29 is 19.4 Å². The Kier molecular flexibility index (Phi) is 5.34. The third kappa shape index (κ3) is 3.85. The fourth-order valence-corrected chi connectivity index (χ4v) is 1.52. The summed E-state index contributed by atoms with van der Waals surface area (Å²) >= 11 is 0. The van der Waals surface area contributed by atoms with Crippen LogP contribution >= 0.6 is 0 Å². The lowest BCUT2D eigenvalue weighted by Gasteiger charge is -2.22. The van der Waals surface area contributed by atoms with Crippen molar-refractivity contribution in [2.24, 2.45) is 0 Å². The Morgan fingerprint density at radius 2 is 2.21 bits per heavy atom. The van der Waals surface area contributed by atoms with E-state index >= 15 is 0 Å². The minimum Gasteiger partial charge on any atom is -0.480 e. The number of methoxy groups -OCH3 is 1. The van der Waals surface area contributed by atoms with Gasteiger partial charge in [-0.2, -0.15) is 0 Å². The number of carboxylic acids is 1. The molecular formula is C9H17NO4. The van der Waals surface area contributed by atoms with Crippen LogP contribution < -0.4 is 0 Å². The summed E-state index contributed by atoms with van der Waals surface area (Å²) in [6, 6.07) is 0. The Morgan fingerprint density at radius 1 is 1.64 bits per heavy atom. The van der Waals surface area contributed by atoms with Crippen molar-refractivity contribution in [3.05, 3.63) is 0 Å². The van der Waals surface area contributed by atoms with Gasteiger partial charge in [0.2, 0.25) is 0 Å². The Bertz CT molecular complexity index is 197. The monoisotopic (exact) mass is 203 g/mol. The number of carboxylic acid groups (broad SMARTS) is 1. The van der Waals surface area contributed by atoms with Gasteiger partial charge >= 0.3 is 5.97 Å². The molecule has 82 valence electrons. The van der Waals surface area contributed by atoms with Gasteiger partial charge in [0.15, 0.2) is 0 Å². The Morgan fingerprint density at radius 3 is 2.57 bits per heavy atom.